The molecule has 1 aromatic heterocycles. The molecule has 2 amide bonds. The number of amides is 2. The van der Waals surface area contributed by atoms with Crippen LogP contribution in [0.3, 0.4) is 0 Å². The summed E-state index contributed by atoms with van der Waals surface area (Å²) in [5.74, 6) is 0.363. The highest BCUT2D eigenvalue weighted by molar-refractivity contribution is 7.99. The van der Waals surface area contributed by atoms with Crippen molar-refractivity contribution in [3.05, 3.63) is 71.3 Å². The molecule has 1 saturated carbocycles. The van der Waals surface area contributed by atoms with E-state index in [0.29, 0.717) is 28.9 Å². The molecular formula is C24H23N3O2S. The molecule has 2 heterocycles. The normalized spacial score (nSPS) is 15.7. The van der Waals surface area contributed by atoms with Crippen LogP contribution in [0.1, 0.15) is 34.3 Å². The van der Waals surface area contributed by atoms with Crippen LogP contribution in [0.25, 0.3) is 10.9 Å². The topological polar surface area (TPSA) is 62.3 Å². The number of hydrogen-bond donors (Lipinski definition) is 1. The summed E-state index contributed by atoms with van der Waals surface area (Å²) in [6, 6.07) is 18.1. The molecule has 152 valence electrons. The molecule has 0 bridgehead atoms. The van der Waals surface area contributed by atoms with Crippen LogP contribution in [0.5, 0.6) is 0 Å². The molecule has 1 aliphatic carbocycles. The summed E-state index contributed by atoms with van der Waals surface area (Å²) in [6.45, 7) is 1.41. The van der Waals surface area contributed by atoms with Crippen molar-refractivity contribution < 1.29 is 9.59 Å². The van der Waals surface area contributed by atoms with E-state index in [-0.39, 0.29) is 11.8 Å². The van der Waals surface area contributed by atoms with Gasteiger partial charge in [0.05, 0.1) is 21.9 Å². The van der Waals surface area contributed by atoms with Crippen LogP contribution in [0.2, 0.25) is 0 Å². The number of fused-ring (bicyclic) bond motifs is 2. The van der Waals surface area contributed by atoms with Crippen molar-refractivity contribution in [2.45, 2.75) is 36.9 Å². The number of nitrogens with one attached hydrogen (secondary N) is 1. The first-order chi connectivity index (χ1) is 14.7. The second-order valence-corrected chi connectivity index (χ2v) is 8.89. The lowest BCUT2D eigenvalue weighted by Crippen LogP contribution is -2.37. The number of hydrogen-bond acceptors (Lipinski definition) is 4. The zero-order valence-electron chi connectivity index (χ0n) is 16.6. The zero-order chi connectivity index (χ0) is 20.5. The lowest BCUT2D eigenvalue weighted by molar-refractivity contribution is -0.129. The van der Waals surface area contributed by atoms with E-state index in [4.69, 9.17) is 0 Å². The van der Waals surface area contributed by atoms with Crippen LogP contribution in [0.15, 0.2) is 59.6 Å². The van der Waals surface area contributed by atoms with Gasteiger partial charge in [-0.05, 0) is 42.5 Å². The smallest absolute Gasteiger partial charge is 0.252 e. The van der Waals surface area contributed by atoms with Crippen LogP contribution >= 0.6 is 11.8 Å². The van der Waals surface area contributed by atoms with Crippen LogP contribution < -0.4 is 5.32 Å². The van der Waals surface area contributed by atoms with Gasteiger partial charge < -0.3 is 10.2 Å². The van der Waals surface area contributed by atoms with E-state index in [1.54, 1.807) is 0 Å². The van der Waals surface area contributed by atoms with Crippen molar-refractivity contribution in [1.29, 1.82) is 0 Å². The fourth-order valence-electron chi connectivity index (χ4n) is 3.84. The molecular weight excluding hydrogens is 394 g/mol. The van der Waals surface area contributed by atoms with Crippen LogP contribution in [-0.4, -0.2) is 40.0 Å². The van der Waals surface area contributed by atoms with Gasteiger partial charge >= 0.3 is 0 Å². The van der Waals surface area contributed by atoms with Gasteiger partial charge in [0.15, 0.2) is 0 Å². The predicted octanol–water partition coefficient (Wildman–Crippen LogP) is 3.80. The van der Waals surface area contributed by atoms with Gasteiger partial charge in [0.25, 0.3) is 5.91 Å². The number of carbonyl (C=O) groups is 2. The Kier molecular flexibility index (Phi) is 5.17. The van der Waals surface area contributed by atoms with E-state index in [2.05, 4.69) is 28.5 Å². The molecule has 1 aliphatic heterocycles. The average Bonchev–Trinajstić information content (AvgIpc) is 3.60. The molecule has 0 saturated heterocycles. The predicted molar refractivity (Wildman–Crippen MR) is 119 cm³/mol. The first-order valence-electron chi connectivity index (χ1n) is 10.4. The van der Waals surface area contributed by atoms with E-state index in [9.17, 15) is 9.59 Å². The third-order valence-electron chi connectivity index (χ3n) is 5.68. The number of nitrogens with zero attached hydrogens (tertiary/aromatic N) is 2. The zero-order valence-corrected chi connectivity index (χ0v) is 17.5. The number of benzene rings is 2. The van der Waals surface area contributed by atoms with Gasteiger partial charge in [-0.3, -0.25) is 9.59 Å². The van der Waals surface area contributed by atoms with Gasteiger partial charge in [0.2, 0.25) is 5.91 Å². The number of carbonyl (C=O) groups excluding carboxylic acids is 2. The van der Waals surface area contributed by atoms with Crippen LogP contribution in [0.4, 0.5) is 0 Å². The Morgan fingerprint density at radius 1 is 1.07 bits per heavy atom. The molecule has 30 heavy (non-hydrogen) atoms. The molecule has 2 aliphatic rings. The van der Waals surface area contributed by atoms with Gasteiger partial charge in [0.1, 0.15) is 0 Å². The second kappa shape index (κ2) is 8.11. The van der Waals surface area contributed by atoms with Gasteiger partial charge in [-0.2, -0.15) is 0 Å². The molecule has 3 aromatic rings. The van der Waals surface area contributed by atoms with E-state index < -0.39 is 0 Å². The molecule has 2 aromatic carbocycles. The van der Waals surface area contributed by atoms with Gasteiger partial charge in [-0.25, -0.2) is 4.98 Å². The summed E-state index contributed by atoms with van der Waals surface area (Å²) in [6.07, 6.45) is 2.99. The first-order valence-corrected chi connectivity index (χ1v) is 11.3. The Hall–Kier alpha value is -2.86. The van der Waals surface area contributed by atoms with Gasteiger partial charge in [-0.15, -0.1) is 0 Å². The first kappa shape index (κ1) is 19.1. The third kappa shape index (κ3) is 4.05. The minimum absolute atomic E-state index is 0.0584. The molecule has 1 fully saturated rings. The molecule has 5 rings (SSSR count). The quantitative estimate of drug-likeness (QED) is 0.642. The maximum atomic E-state index is 12.8. The maximum Gasteiger partial charge on any atom is 0.252 e. The molecule has 0 spiro atoms. The van der Waals surface area contributed by atoms with Gasteiger partial charge in [0, 0.05) is 24.5 Å². The summed E-state index contributed by atoms with van der Waals surface area (Å²) in [5.41, 5.74) is 3.97. The number of rotatable bonds is 5. The Bertz CT molecular complexity index is 1130. The van der Waals surface area contributed by atoms with Gasteiger partial charge in [-0.1, -0.05) is 54.2 Å². The minimum atomic E-state index is -0.0584. The number of thioether (sulfide) groups is 1. The molecule has 0 unspecified atom stereocenters. The number of pyridine rings is 1. The number of para-hydroxylation sites is 1. The standard InChI is InChI=1S/C24H23N3O2S/c28-23(27-12-11-16-5-1-2-6-17(16)14-27)15-30-22-13-20(24(29)25-18-9-10-18)19-7-3-4-8-21(19)26-22/h1-8,13,18H,9-12,14-15H2,(H,25,29). The lowest BCUT2D eigenvalue weighted by Gasteiger charge is -2.28. The largest absolute Gasteiger partial charge is 0.349 e. The fourth-order valence-corrected chi connectivity index (χ4v) is 4.66. The maximum absolute atomic E-state index is 12.8. The second-order valence-electron chi connectivity index (χ2n) is 7.90. The number of aromatic nitrogens is 1. The highest BCUT2D eigenvalue weighted by atomic mass is 32.2. The van der Waals surface area contributed by atoms with Crippen molar-refractivity contribution in [3.8, 4) is 0 Å². The summed E-state index contributed by atoms with van der Waals surface area (Å²) in [7, 11) is 0. The summed E-state index contributed by atoms with van der Waals surface area (Å²) >= 11 is 1.40. The molecule has 5 nitrogen and oxygen atoms in total. The Morgan fingerprint density at radius 2 is 1.83 bits per heavy atom. The molecule has 6 heteroatoms. The van der Waals surface area contributed by atoms with E-state index in [1.807, 2.05) is 41.3 Å². The Labute approximate surface area is 179 Å². The SMILES string of the molecule is O=C(NC1CC1)c1cc(SCC(=O)N2CCc3ccccc3C2)nc2ccccc12. The molecule has 0 atom stereocenters. The molecule has 0 radical (unpaired) electrons. The van der Waals surface area contributed by atoms with Crippen molar-refractivity contribution in [3.63, 3.8) is 0 Å². The highest BCUT2D eigenvalue weighted by Crippen LogP contribution is 2.27. The van der Waals surface area contributed by atoms with Crippen molar-refractivity contribution >= 4 is 34.5 Å². The Balaban J connectivity index is 1.31. The van der Waals surface area contributed by atoms with Crippen LogP contribution in [0, 0.1) is 0 Å². The van der Waals surface area contributed by atoms with Crippen LogP contribution in [-0.2, 0) is 17.8 Å². The minimum Gasteiger partial charge on any atom is -0.349 e. The fraction of sp³-hybridized carbons (Fsp3) is 0.292. The monoisotopic (exact) mass is 417 g/mol. The lowest BCUT2D eigenvalue weighted by atomic mass is 10.00. The Morgan fingerprint density at radius 3 is 2.67 bits per heavy atom. The average molecular weight is 418 g/mol. The summed E-state index contributed by atoms with van der Waals surface area (Å²) < 4.78 is 0. The molecule has 1 N–H and O–H groups in total. The third-order valence-corrected chi connectivity index (χ3v) is 6.57. The van der Waals surface area contributed by atoms with Crippen molar-refractivity contribution in [2.75, 3.05) is 12.3 Å². The summed E-state index contributed by atoms with van der Waals surface area (Å²) in [5, 5.41) is 4.62. The van der Waals surface area contributed by atoms with Crippen molar-refractivity contribution in [2.24, 2.45) is 0 Å². The summed E-state index contributed by atoms with van der Waals surface area (Å²) in [4.78, 5) is 32.1. The van der Waals surface area contributed by atoms with E-state index in [0.717, 1.165) is 36.7 Å². The highest BCUT2D eigenvalue weighted by Gasteiger charge is 2.25. The van der Waals surface area contributed by atoms with E-state index >= 15 is 0 Å². The van der Waals surface area contributed by atoms with E-state index in [1.165, 1.54) is 22.9 Å². The van der Waals surface area contributed by atoms with Crippen molar-refractivity contribution in [1.82, 2.24) is 15.2 Å².